The van der Waals surface area contributed by atoms with Gasteiger partial charge in [0.2, 0.25) is 0 Å². The average Bonchev–Trinajstić information content (AvgIpc) is 2.86. The molecule has 3 N–H and O–H groups in total. The summed E-state index contributed by atoms with van der Waals surface area (Å²) in [5, 5.41) is 2.50. The van der Waals surface area contributed by atoms with Crippen molar-refractivity contribution in [1.29, 1.82) is 0 Å². The number of carbonyl (C=O) groups is 1. The lowest BCUT2D eigenvalue weighted by molar-refractivity contribution is 0.256. The normalized spacial score (nSPS) is 11.4. The first-order valence-electron chi connectivity index (χ1n) is 7.20. The molecular formula is C16H16N4O3S. The predicted molar refractivity (Wildman–Crippen MR) is 91.3 cm³/mol. The molecule has 0 aliphatic carbocycles. The number of rotatable bonds is 3. The number of carbonyl (C=O) groups excluding carboxylic acids is 1. The molecule has 2 aromatic carbocycles. The number of urea groups is 1. The van der Waals surface area contributed by atoms with Crippen LogP contribution in [0.1, 0.15) is 11.4 Å². The van der Waals surface area contributed by atoms with Crippen LogP contribution in [-0.2, 0) is 10.0 Å². The number of nitrogens with one attached hydrogen (secondary N) is 3. The summed E-state index contributed by atoms with van der Waals surface area (Å²) < 4.78 is 26.3. The number of imidazole rings is 1. The van der Waals surface area contributed by atoms with Crippen LogP contribution in [0.2, 0.25) is 0 Å². The second kappa shape index (κ2) is 5.97. The van der Waals surface area contributed by atoms with Gasteiger partial charge in [0.05, 0.1) is 15.9 Å². The molecule has 1 heterocycles. The first-order valence-corrected chi connectivity index (χ1v) is 8.69. The molecule has 8 heteroatoms. The van der Waals surface area contributed by atoms with Crippen LogP contribution in [0.15, 0.2) is 47.4 Å². The van der Waals surface area contributed by atoms with Gasteiger partial charge in [-0.2, -0.15) is 0 Å². The highest BCUT2D eigenvalue weighted by atomic mass is 32.2. The second-order valence-electron chi connectivity index (χ2n) is 5.43. The van der Waals surface area contributed by atoms with Crippen LogP contribution >= 0.6 is 0 Å². The topological polar surface area (TPSA) is 104 Å². The molecule has 124 valence electrons. The van der Waals surface area contributed by atoms with E-state index in [0.29, 0.717) is 5.69 Å². The third kappa shape index (κ3) is 3.38. The Morgan fingerprint density at radius 2 is 1.79 bits per heavy atom. The van der Waals surface area contributed by atoms with E-state index in [0.717, 1.165) is 22.4 Å². The minimum atomic E-state index is -3.92. The van der Waals surface area contributed by atoms with Gasteiger partial charge in [-0.25, -0.2) is 22.9 Å². The van der Waals surface area contributed by atoms with Crippen molar-refractivity contribution in [2.45, 2.75) is 18.7 Å². The molecular weight excluding hydrogens is 328 g/mol. The van der Waals surface area contributed by atoms with Crippen molar-refractivity contribution in [2.75, 3.05) is 5.32 Å². The van der Waals surface area contributed by atoms with Crippen molar-refractivity contribution in [3.63, 3.8) is 0 Å². The zero-order chi connectivity index (χ0) is 17.3. The molecule has 2 amide bonds. The zero-order valence-electron chi connectivity index (χ0n) is 13.1. The Labute approximate surface area is 139 Å². The van der Waals surface area contributed by atoms with Gasteiger partial charge in [0, 0.05) is 5.69 Å². The van der Waals surface area contributed by atoms with E-state index in [9.17, 15) is 13.2 Å². The number of aromatic nitrogens is 2. The van der Waals surface area contributed by atoms with Gasteiger partial charge in [-0.15, -0.1) is 0 Å². The Morgan fingerprint density at radius 1 is 1.08 bits per heavy atom. The lowest BCUT2D eigenvalue weighted by Crippen LogP contribution is -2.34. The molecule has 0 aliphatic heterocycles. The zero-order valence-corrected chi connectivity index (χ0v) is 13.9. The molecule has 0 fully saturated rings. The molecule has 7 nitrogen and oxygen atoms in total. The number of hydrogen-bond donors (Lipinski definition) is 3. The lowest BCUT2D eigenvalue weighted by atomic mass is 10.2. The summed E-state index contributed by atoms with van der Waals surface area (Å²) in [7, 11) is -3.92. The number of nitrogens with zero attached hydrogens (tertiary/aromatic N) is 1. The van der Waals surface area contributed by atoms with Crippen LogP contribution < -0.4 is 10.0 Å². The van der Waals surface area contributed by atoms with Crippen molar-refractivity contribution < 1.29 is 13.2 Å². The number of benzene rings is 2. The van der Waals surface area contributed by atoms with Crippen LogP contribution in [-0.4, -0.2) is 24.4 Å². The highest BCUT2D eigenvalue weighted by Crippen LogP contribution is 2.17. The van der Waals surface area contributed by atoms with Crippen LogP contribution in [0.3, 0.4) is 0 Å². The van der Waals surface area contributed by atoms with Gasteiger partial charge in [0.15, 0.2) is 0 Å². The number of hydrogen-bond acceptors (Lipinski definition) is 4. The fourth-order valence-corrected chi connectivity index (χ4v) is 3.18. The van der Waals surface area contributed by atoms with E-state index < -0.39 is 16.1 Å². The van der Waals surface area contributed by atoms with Crippen molar-refractivity contribution >= 4 is 32.8 Å². The van der Waals surface area contributed by atoms with Crippen molar-refractivity contribution in [3.8, 4) is 0 Å². The number of H-pyrrole nitrogens is 1. The summed E-state index contributed by atoms with van der Waals surface area (Å²) in [5.74, 6) is 0.758. The number of anilines is 1. The number of fused-ring (bicyclic) bond motifs is 1. The highest BCUT2D eigenvalue weighted by Gasteiger charge is 2.17. The molecule has 0 saturated carbocycles. The number of amides is 2. The maximum atomic E-state index is 12.2. The summed E-state index contributed by atoms with van der Waals surface area (Å²) in [5.41, 5.74) is 2.92. The monoisotopic (exact) mass is 344 g/mol. The molecule has 0 unspecified atom stereocenters. The fourth-order valence-electron chi connectivity index (χ4n) is 2.27. The summed E-state index contributed by atoms with van der Waals surface area (Å²) >= 11 is 0. The Bertz CT molecular complexity index is 1010. The van der Waals surface area contributed by atoms with Gasteiger partial charge < -0.3 is 10.3 Å². The standard InChI is InChI=1S/C16H16N4O3S/c1-10-3-6-13(7-4-10)24(22,23)20-16(21)19-12-5-8-14-15(9-12)18-11(2)17-14/h3-9H,1-2H3,(H,17,18)(H2,19,20,21). The Morgan fingerprint density at radius 3 is 2.50 bits per heavy atom. The quantitative estimate of drug-likeness (QED) is 0.679. The van der Waals surface area contributed by atoms with Crippen molar-refractivity contribution in [3.05, 3.63) is 53.9 Å². The lowest BCUT2D eigenvalue weighted by Gasteiger charge is -2.09. The molecule has 3 rings (SSSR count). The van der Waals surface area contributed by atoms with Gasteiger partial charge in [-0.3, -0.25) is 0 Å². The van der Waals surface area contributed by atoms with E-state index in [1.54, 1.807) is 30.3 Å². The molecule has 1 aromatic heterocycles. The maximum absolute atomic E-state index is 12.2. The third-order valence-corrected chi connectivity index (χ3v) is 4.76. The average molecular weight is 344 g/mol. The SMILES string of the molecule is Cc1ccc(S(=O)(=O)NC(=O)Nc2ccc3nc(C)[nH]c3c2)cc1. The van der Waals surface area contributed by atoms with E-state index in [2.05, 4.69) is 15.3 Å². The Balaban J connectivity index is 1.75. The third-order valence-electron chi connectivity index (χ3n) is 3.42. The Kier molecular flexibility index (Phi) is 3.98. The van der Waals surface area contributed by atoms with E-state index in [-0.39, 0.29) is 4.90 Å². The van der Waals surface area contributed by atoms with Crippen LogP contribution in [0.25, 0.3) is 11.0 Å². The second-order valence-corrected chi connectivity index (χ2v) is 7.11. The van der Waals surface area contributed by atoms with Crippen LogP contribution in [0.4, 0.5) is 10.5 Å². The predicted octanol–water partition coefficient (Wildman–Crippen LogP) is 2.69. The molecule has 0 radical (unpaired) electrons. The number of aromatic amines is 1. The molecule has 0 bridgehead atoms. The van der Waals surface area contributed by atoms with Crippen molar-refractivity contribution in [1.82, 2.24) is 14.7 Å². The van der Waals surface area contributed by atoms with Crippen molar-refractivity contribution in [2.24, 2.45) is 0 Å². The van der Waals surface area contributed by atoms with Crippen LogP contribution in [0, 0.1) is 13.8 Å². The van der Waals surface area contributed by atoms with Gasteiger partial charge in [0.25, 0.3) is 10.0 Å². The largest absolute Gasteiger partial charge is 0.342 e. The van der Waals surface area contributed by atoms with Gasteiger partial charge in [-0.1, -0.05) is 17.7 Å². The van der Waals surface area contributed by atoms with E-state index in [1.807, 2.05) is 18.6 Å². The number of sulfonamides is 1. The molecule has 0 spiro atoms. The summed E-state index contributed by atoms with van der Waals surface area (Å²) in [6.45, 7) is 3.68. The maximum Gasteiger partial charge on any atom is 0.333 e. The first kappa shape index (κ1) is 16.0. The summed E-state index contributed by atoms with van der Waals surface area (Å²) in [6.07, 6.45) is 0. The van der Waals surface area contributed by atoms with Gasteiger partial charge >= 0.3 is 6.03 Å². The smallest absolute Gasteiger partial charge is 0.333 e. The van der Waals surface area contributed by atoms with E-state index >= 15 is 0 Å². The van der Waals surface area contributed by atoms with E-state index in [1.165, 1.54) is 12.1 Å². The molecule has 3 aromatic rings. The molecule has 0 aliphatic rings. The molecule has 0 atom stereocenters. The summed E-state index contributed by atoms with van der Waals surface area (Å²) in [6, 6.07) is 10.5. The first-order chi connectivity index (χ1) is 11.3. The van der Waals surface area contributed by atoms with Gasteiger partial charge in [-0.05, 0) is 44.2 Å². The summed E-state index contributed by atoms with van der Waals surface area (Å²) in [4.78, 5) is 19.3. The minimum Gasteiger partial charge on any atom is -0.342 e. The van der Waals surface area contributed by atoms with Crippen LogP contribution in [0.5, 0.6) is 0 Å². The number of aryl methyl sites for hydroxylation is 2. The molecule has 24 heavy (non-hydrogen) atoms. The minimum absolute atomic E-state index is 0.0305. The van der Waals surface area contributed by atoms with Gasteiger partial charge in [0.1, 0.15) is 5.82 Å². The van der Waals surface area contributed by atoms with E-state index in [4.69, 9.17) is 0 Å². The Hall–Kier alpha value is -2.87. The molecule has 0 saturated heterocycles. The fraction of sp³-hybridized carbons (Fsp3) is 0.125. The highest BCUT2D eigenvalue weighted by molar-refractivity contribution is 7.90.